The summed E-state index contributed by atoms with van der Waals surface area (Å²) in [7, 11) is 0. The van der Waals surface area contributed by atoms with Gasteiger partial charge in [0.05, 0.1) is 27.6 Å². The summed E-state index contributed by atoms with van der Waals surface area (Å²) in [6, 6.07) is 15.7. The Kier molecular flexibility index (Phi) is 7.88. The molecule has 3 unspecified atom stereocenters. The van der Waals surface area contributed by atoms with Crippen LogP contribution in [-0.2, 0) is 4.79 Å². The number of hydrogen-bond donors (Lipinski definition) is 1. The minimum absolute atomic E-state index is 0.0669. The van der Waals surface area contributed by atoms with Crippen molar-refractivity contribution in [1.29, 1.82) is 0 Å². The highest BCUT2D eigenvalue weighted by atomic mass is 35.5. The minimum Gasteiger partial charge on any atom is -0.493 e. The molecule has 1 saturated carbocycles. The number of carbonyl (C=O) groups is 2. The first kappa shape index (κ1) is 26.5. The van der Waals surface area contributed by atoms with Gasteiger partial charge in [-0.05, 0) is 79.6 Å². The summed E-state index contributed by atoms with van der Waals surface area (Å²) in [4.78, 5) is 35.5. The quantitative estimate of drug-likeness (QED) is 0.305. The van der Waals surface area contributed by atoms with Crippen molar-refractivity contribution in [1.82, 2.24) is 5.32 Å². The molecule has 1 fully saturated rings. The second-order valence-corrected chi connectivity index (χ2v) is 10.6. The number of nitrogens with one attached hydrogen (secondary N) is 1. The number of nitrogens with zero attached hydrogens (tertiary/aromatic N) is 1. The van der Waals surface area contributed by atoms with Gasteiger partial charge in [-0.25, -0.2) is 0 Å². The molecule has 7 nitrogen and oxygen atoms in total. The number of benzene rings is 3. The largest absolute Gasteiger partial charge is 0.493 e. The lowest BCUT2D eigenvalue weighted by molar-refractivity contribution is -0.119. The maximum Gasteiger partial charge on any atom is 0.294 e. The summed E-state index contributed by atoms with van der Waals surface area (Å²) in [5, 5.41) is 7.00. The predicted molar refractivity (Wildman–Crippen MR) is 146 cm³/mol. The average Bonchev–Trinajstić information content (AvgIpc) is 3.38. The van der Waals surface area contributed by atoms with Gasteiger partial charge in [-0.15, -0.1) is 4.91 Å². The SMILES string of the molecule is O=NC(=O)C1CCOc2cc(Oc3ccc(C(=O)NC4CCC(c5ccc(Cl)c(Cl)c5)C4)cc3)c(Cl)cc21. The van der Waals surface area contributed by atoms with Crippen LogP contribution in [0, 0.1) is 4.91 Å². The molecule has 5 rings (SSSR count). The molecule has 0 aromatic heterocycles. The van der Waals surface area contributed by atoms with Gasteiger partial charge in [-0.3, -0.25) is 9.59 Å². The molecule has 1 heterocycles. The lowest BCUT2D eigenvalue weighted by Crippen LogP contribution is -2.32. The topological polar surface area (TPSA) is 94.1 Å². The average molecular weight is 574 g/mol. The molecule has 0 radical (unpaired) electrons. The van der Waals surface area contributed by atoms with E-state index in [-0.39, 0.29) is 23.6 Å². The van der Waals surface area contributed by atoms with Gasteiger partial charge in [0.25, 0.3) is 11.8 Å². The molecule has 3 aromatic carbocycles. The van der Waals surface area contributed by atoms with E-state index in [2.05, 4.69) is 10.5 Å². The first-order valence-corrected chi connectivity index (χ1v) is 13.3. The van der Waals surface area contributed by atoms with E-state index in [4.69, 9.17) is 44.3 Å². The van der Waals surface area contributed by atoms with Crippen molar-refractivity contribution in [3.8, 4) is 17.2 Å². The van der Waals surface area contributed by atoms with Gasteiger partial charge in [0.2, 0.25) is 0 Å². The number of rotatable bonds is 6. The van der Waals surface area contributed by atoms with Crippen LogP contribution in [0.1, 0.15) is 59.0 Å². The molecule has 10 heteroatoms. The number of carbonyl (C=O) groups excluding carboxylic acids is 2. The van der Waals surface area contributed by atoms with Crippen LogP contribution < -0.4 is 14.8 Å². The molecule has 1 aliphatic carbocycles. The van der Waals surface area contributed by atoms with Gasteiger partial charge < -0.3 is 14.8 Å². The lowest BCUT2D eigenvalue weighted by Gasteiger charge is -2.24. The van der Waals surface area contributed by atoms with Crippen molar-refractivity contribution in [2.24, 2.45) is 5.18 Å². The summed E-state index contributed by atoms with van der Waals surface area (Å²) < 4.78 is 11.6. The van der Waals surface area contributed by atoms with Crippen molar-refractivity contribution in [3.05, 3.63) is 91.3 Å². The third kappa shape index (κ3) is 5.65. The second kappa shape index (κ2) is 11.3. The maximum atomic E-state index is 12.9. The smallest absolute Gasteiger partial charge is 0.294 e. The van der Waals surface area contributed by atoms with E-state index in [1.54, 1.807) is 36.4 Å². The van der Waals surface area contributed by atoms with Gasteiger partial charge in [0.15, 0.2) is 0 Å². The van der Waals surface area contributed by atoms with E-state index in [0.717, 1.165) is 24.8 Å². The standard InChI is InChI=1S/C28H23Cl3N2O5/c29-22-8-4-17(12-23(22)30)16-1-5-18(11-16)32-27(34)15-2-6-19(7-3-15)38-26-14-25-21(13-24(26)31)20(9-10-37-25)28(35)33-36/h2-4,6-8,12-14,16,18,20H,1,5,9-11H2,(H,32,34). The fourth-order valence-electron chi connectivity index (χ4n) is 5.04. The van der Waals surface area contributed by atoms with E-state index in [9.17, 15) is 14.5 Å². The number of ether oxygens (including phenoxy) is 2. The molecule has 2 amide bonds. The van der Waals surface area contributed by atoms with Crippen LogP contribution in [0.4, 0.5) is 0 Å². The summed E-state index contributed by atoms with van der Waals surface area (Å²) in [6.45, 7) is 0.277. The Labute approximate surface area is 234 Å². The zero-order valence-corrected chi connectivity index (χ0v) is 22.4. The first-order valence-electron chi connectivity index (χ1n) is 12.2. The van der Waals surface area contributed by atoms with Crippen molar-refractivity contribution in [3.63, 3.8) is 0 Å². The predicted octanol–water partition coefficient (Wildman–Crippen LogP) is 7.66. The Morgan fingerprint density at radius 3 is 2.45 bits per heavy atom. The lowest BCUT2D eigenvalue weighted by atomic mass is 9.92. The van der Waals surface area contributed by atoms with Crippen LogP contribution in [0.25, 0.3) is 0 Å². The first-order chi connectivity index (χ1) is 18.3. The number of nitroso groups, excluding NO2 is 1. The summed E-state index contributed by atoms with van der Waals surface area (Å²) >= 11 is 18.6. The Morgan fingerprint density at radius 2 is 1.71 bits per heavy atom. The van der Waals surface area contributed by atoms with Gasteiger partial charge in [-0.1, -0.05) is 40.9 Å². The minimum atomic E-state index is -0.754. The molecule has 1 aliphatic heterocycles. The van der Waals surface area contributed by atoms with Gasteiger partial charge in [0, 0.05) is 28.4 Å². The molecule has 3 aromatic rings. The Hall–Kier alpha value is -3.13. The number of halogens is 3. The van der Waals surface area contributed by atoms with Crippen LogP contribution in [0.5, 0.6) is 17.2 Å². The maximum absolute atomic E-state index is 12.9. The molecule has 0 spiro atoms. The van der Waals surface area contributed by atoms with Gasteiger partial charge in [-0.2, -0.15) is 0 Å². The highest BCUT2D eigenvalue weighted by Gasteiger charge is 2.30. The van der Waals surface area contributed by atoms with Crippen LogP contribution in [0.15, 0.2) is 59.8 Å². The second-order valence-electron chi connectivity index (χ2n) is 9.42. The highest BCUT2D eigenvalue weighted by molar-refractivity contribution is 6.42. The van der Waals surface area contributed by atoms with Gasteiger partial charge >= 0.3 is 0 Å². The molecule has 196 valence electrons. The Balaban J connectivity index is 1.21. The third-order valence-electron chi connectivity index (χ3n) is 7.02. The van der Waals surface area contributed by atoms with E-state index >= 15 is 0 Å². The molecule has 2 aliphatic rings. The molecular weight excluding hydrogens is 551 g/mol. The van der Waals surface area contributed by atoms with E-state index in [0.29, 0.717) is 50.8 Å². The zero-order chi connectivity index (χ0) is 26.8. The van der Waals surface area contributed by atoms with Crippen molar-refractivity contribution in [2.75, 3.05) is 6.61 Å². The molecule has 0 bridgehead atoms. The molecular formula is C28H23Cl3N2O5. The van der Waals surface area contributed by atoms with Gasteiger partial charge in [0.1, 0.15) is 17.2 Å². The summed E-state index contributed by atoms with van der Waals surface area (Å²) in [5.41, 5.74) is 2.16. The Bertz CT molecular complexity index is 1400. The highest BCUT2D eigenvalue weighted by Crippen LogP contribution is 2.42. The van der Waals surface area contributed by atoms with E-state index < -0.39 is 11.8 Å². The van der Waals surface area contributed by atoms with Crippen molar-refractivity contribution < 1.29 is 19.1 Å². The van der Waals surface area contributed by atoms with Crippen LogP contribution in [-0.4, -0.2) is 24.5 Å². The normalized spacial score (nSPS) is 20.2. The van der Waals surface area contributed by atoms with Crippen LogP contribution >= 0.6 is 34.8 Å². The van der Waals surface area contributed by atoms with E-state index in [1.165, 1.54) is 0 Å². The number of fused-ring (bicyclic) bond motifs is 1. The fourth-order valence-corrected chi connectivity index (χ4v) is 5.56. The summed E-state index contributed by atoms with van der Waals surface area (Å²) in [6.07, 6.45) is 3.03. The monoisotopic (exact) mass is 572 g/mol. The third-order valence-corrected chi connectivity index (χ3v) is 8.05. The number of amides is 2. The Morgan fingerprint density at radius 1 is 0.921 bits per heavy atom. The van der Waals surface area contributed by atoms with Crippen molar-refractivity contribution >= 4 is 46.6 Å². The van der Waals surface area contributed by atoms with E-state index in [1.807, 2.05) is 18.2 Å². The molecule has 1 N–H and O–H groups in total. The number of hydrogen-bond acceptors (Lipinski definition) is 5. The summed E-state index contributed by atoms with van der Waals surface area (Å²) in [5.74, 6) is -0.0499. The van der Waals surface area contributed by atoms with Crippen molar-refractivity contribution in [2.45, 2.75) is 43.6 Å². The molecule has 0 saturated heterocycles. The van der Waals surface area contributed by atoms with Crippen LogP contribution in [0.3, 0.4) is 0 Å². The molecule has 3 atom stereocenters. The molecule has 38 heavy (non-hydrogen) atoms. The zero-order valence-electron chi connectivity index (χ0n) is 20.1. The fraction of sp³-hybridized carbons (Fsp3) is 0.286. The van der Waals surface area contributed by atoms with Crippen LogP contribution in [0.2, 0.25) is 15.1 Å².